The number of carbonyl (C=O) groups excluding carboxylic acids is 1. The summed E-state index contributed by atoms with van der Waals surface area (Å²) < 4.78 is 5.37. The Morgan fingerprint density at radius 3 is 2.93 bits per heavy atom. The fraction of sp³-hybridized carbons (Fsp3) is 0.889. The maximum atomic E-state index is 11.5. The van der Waals surface area contributed by atoms with Crippen LogP contribution in [0.25, 0.3) is 0 Å². The van der Waals surface area contributed by atoms with Crippen LogP contribution in [-0.2, 0) is 4.74 Å². The second kappa shape index (κ2) is 4.14. The summed E-state index contributed by atoms with van der Waals surface area (Å²) in [6, 6.07) is 0.00829. The maximum Gasteiger partial charge on any atom is 0.332 e. The van der Waals surface area contributed by atoms with E-state index in [2.05, 4.69) is 5.32 Å². The lowest BCUT2D eigenvalue weighted by molar-refractivity contribution is -0.141. The minimum atomic E-state index is 0.00829. The van der Waals surface area contributed by atoms with E-state index in [1.807, 2.05) is 5.01 Å². The lowest BCUT2D eigenvalue weighted by Crippen LogP contribution is -2.53. The summed E-state index contributed by atoms with van der Waals surface area (Å²) in [6.45, 7) is 2.43. The molecule has 0 saturated carbocycles. The van der Waals surface area contributed by atoms with Crippen molar-refractivity contribution in [3.8, 4) is 0 Å². The third kappa shape index (κ3) is 1.69. The first kappa shape index (κ1) is 9.73. The van der Waals surface area contributed by atoms with Crippen molar-refractivity contribution in [3.63, 3.8) is 0 Å². The van der Waals surface area contributed by atoms with Crippen LogP contribution in [0.5, 0.6) is 0 Å². The highest BCUT2D eigenvalue weighted by molar-refractivity contribution is 5.75. The standard InChI is InChI=1S/C9H17N3O2/c1-14-8-4-2-3-6-11(8)12-7-5-10-9(12)13/h8H,2-7H2,1H3,(H,10,13). The first-order valence-electron chi connectivity index (χ1n) is 5.17. The summed E-state index contributed by atoms with van der Waals surface area (Å²) in [5, 5.41) is 6.62. The number of nitrogens with zero attached hydrogens (tertiary/aromatic N) is 2. The fourth-order valence-corrected chi connectivity index (χ4v) is 2.11. The maximum absolute atomic E-state index is 11.5. The van der Waals surface area contributed by atoms with Crippen LogP contribution in [0.4, 0.5) is 4.79 Å². The minimum absolute atomic E-state index is 0.00829. The Morgan fingerprint density at radius 1 is 1.43 bits per heavy atom. The minimum Gasteiger partial charge on any atom is -0.365 e. The molecule has 0 spiro atoms. The molecule has 2 aliphatic rings. The predicted molar refractivity (Wildman–Crippen MR) is 51.5 cm³/mol. The second-order valence-corrected chi connectivity index (χ2v) is 3.70. The molecule has 0 aliphatic carbocycles. The van der Waals surface area contributed by atoms with Gasteiger partial charge in [-0.15, -0.1) is 0 Å². The van der Waals surface area contributed by atoms with Crippen molar-refractivity contribution < 1.29 is 9.53 Å². The third-order valence-corrected chi connectivity index (χ3v) is 2.84. The smallest absolute Gasteiger partial charge is 0.332 e. The van der Waals surface area contributed by atoms with E-state index in [1.54, 1.807) is 12.1 Å². The molecule has 0 bridgehead atoms. The Bertz CT molecular complexity index is 222. The van der Waals surface area contributed by atoms with Crippen LogP contribution >= 0.6 is 0 Å². The fourth-order valence-electron chi connectivity index (χ4n) is 2.11. The van der Waals surface area contributed by atoms with Gasteiger partial charge in [-0.05, 0) is 19.3 Å². The third-order valence-electron chi connectivity index (χ3n) is 2.84. The van der Waals surface area contributed by atoms with Crippen molar-refractivity contribution in [2.75, 3.05) is 26.7 Å². The normalized spacial score (nSPS) is 29.4. The molecule has 2 aliphatic heterocycles. The van der Waals surface area contributed by atoms with Crippen LogP contribution < -0.4 is 5.32 Å². The first-order valence-corrected chi connectivity index (χ1v) is 5.17. The predicted octanol–water partition coefficient (Wildman–Crippen LogP) is 0.385. The zero-order chi connectivity index (χ0) is 9.97. The summed E-state index contributed by atoms with van der Waals surface area (Å²) in [5.74, 6) is 0. The van der Waals surface area contributed by atoms with Crippen LogP contribution in [0.2, 0.25) is 0 Å². The number of methoxy groups -OCH3 is 1. The quantitative estimate of drug-likeness (QED) is 0.699. The van der Waals surface area contributed by atoms with Crippen LogP contribution in [0.3, 0.4) is 0 Å². The van der Waals surface area contributed by atoms with Crippen molar-refractivity contribution in [1.29, 1.82) is 0 Å². The number of nitrogens with one attached hydrogen (secondary N) is 1. The summed E-state index contributed by atoms with van der Waals surface area (Å²) in [5.41, 5.74) is 0. The number of ether oxygens (including phenoxy) is 1. The number of hydrazine groups is 1. The van der Waals surface area contributed by atoms with Gasteiger partial charge in [0.25, 0.3) is 0 Å². The Kier molecular flexibility index (Phi) is 2.88. The lowest BCUT2D eigenvalue weighted by atomic mass is 10.1. The molecule has 14 heavy (non-hydrogen) atoms. The van der Waals surface area contributed by atoms with E-state index in [0.717, 1.165) is 32.5 Å². The number of piperidine rings is 1. The van der Waals surface area contributed by atoms with E-state index in [0.29, 0.717) is 0 Å². The monoisotopic (exact) mass is 199 g/mol. The molecule has 2 rings (SSSR count). The van der Waals surface area contributed by atoms with Crippen molar-refractivity contribution in [1.82, 2.24) is 15.3 Å². The molecule has 5 heteroatoms. The van der Waals surface area contributed by atoms with E-state index < -0.39 is 0 Å². The highest BCUT2D eigenvalue weighted by Gasteiger charge is 2.32. The Balaban J connectivity index is 2.02. The van der Waals surface area contributed by atoms with Gasteiger partial charge in [0.2, 0.25) is 0 Å². The van der Waals surface area contributed by atoms with Gasteiger partial charge in [0, 0.05) is 20.2 Å². The molecular formula is C9H17N3O2. The van der Waals surface area contributed by atoms with Crippen molar-refractivity contribution >= 4 is 6.03 Å². The number of rotatable bonds is 2. The average molecular weight is 199 g/mol. The molecule has 5 nitrogen and oxygen atoms in total. The number of carbonyl (C=O) groups is 1. The SMILES string of the molecule is COC1CCCCN1N1CCNC1=O. The van der Waals surface area contributed by atoms with Gasteiger partial charge in [0.1, 0.15) is 6.23 Å². The van der Waals surface area contributed by atoms with Gasteiger partial charge in [0.05, 0.1) is 6.54 Å². The van der Waals surface area contributed by atoms with Crippen LogP contribution in [-0.4, -0.2) is 49.0 Å². The second-order valence-electron chi connectivity index (χ2n) is 3.70. The Hall–Kier alpha value is -0.810. The summed E-state index contributed by atoms with van der Waals surface area (Å²) in [6.07, 6.45) is 3.42. The van der Waals surface area contributed by atoms with Gasteiger partial charge >= 0.3 is 6.03 Å². The van der Waals surface area contributed by atoms with Crippen LogP contribution in [0, 0.1) is 0 Å². The van der Waals surface area contributed by atoms with Gasteiger partial charge in [0.15, 0.2) is 0 Å². The number of amides is 2. The average Bonchev–Trinajstić information content (AvgIpc) is 2.64. The van der Waals surface area contributed by atoms with Gasteiger partial charge in [-0.3, -0.25) is 5.01 Å². The lowest BCUT2D eigenvalue weighted by Gasteiger charge is -2.39. The van der Waals surface area contributed by atoms with Gasteiger partial charge in [-0.2, -0.15) is 5.01 Å². The molecular weight excluding hydrogens is 182 g/mol. The zero-order valence-electron chi connectivity index (χ0n) is 8.53. The molecule has 1 atom stereocenters. The van der Waals surface area contributed by atoms with Gasteiger partial charge in [-0.25, -0.2) is 4.79 Å². The largest absolute Gasteiger partial charge is 0.365 e. The Labute approximate surface area is 84.0 Å². The molecule has 0 aromatic carbocycles. The number of hydrogen-bond acceptors (Lipinski definition) is 3. The zero-order valence-corrected chi connectivity index (χ0v) is 8.53. The van der Waals surface area contributed by atoms with E-state index in [9.17, 15) is 4.79 Å². The summed E-state index contributed by atoms with van der Waals surface area (Å²) in [7, 11) is 1.71. The molecule has 2 fully saturated rings. The van der Waals surface area contributed by atoms with E-state index in [-0.39, 0.29) is 12.3 Å². The van der Waals surface area contributed by atoms with Gasteiger partial charge < -0.3 is 10.1 Å². The van der Waals surface area contributed by atoms with Crippen LogP contribution in [0.1, 0.15) is 19.3 Å². The van der Waals surface area contributed by atoms with E-state index in [1.165, 1.54) is 6.42 Å². The molecule has 80 valence electrons. The molecule has 0 radical (unpaired) electrons. The van der Waals surface area contributed by atoms with Gasteiger partial charge in [-0.1, -0.05) is 0 Å². The number of urea groups is 1. The molecule has 0 aromatic heterocycles. The molecule has 1 unspecified atom stereocenters. The molecule has 2 amide bonds. The van der Waals surface area contributed by atoms with E-state index in [4.69, 9.17) is 4.74 Å². The van der Waals surface area contributed by atoms with E-state index >= 15 is 0 Å². The van der Waals surface area contributed by atoms with Crippen molar-refractivity contribution in [3.05, 3.63) is 0 Å². The highest BCUT2D eigenvalue weighted by atomic mass is 16.5. The molecule has 2 saturated heterocycles. The highest BCUT2D eigenvalue weighted by Crippen LogP contribution is 2.20. The molecule has 1 N–H and O–H groups in total. The van der Waals surface area contributed by atoms with Crippen molar-refractivity contribution in [2.45, 2.75) is 25.5 Å². The Morgan fingerprint density at radius 2 is 2.29 bits per heavy atom. The molecule has 2 heterocycles. The summed E-state index contributed by atoms with van der Waals surface area (Å²) in [4.78, 5) is 11.5. The number of hydrogen-bond donors (Lipinski definition) is 1. The first-order chi connectivity index (χ1) is 6.83. The topological polar surface area (TPSA) is 44.8 Å². The molecule has 0 aromatic rings. The van der Waals surface area contributed by atoms with Crippen LogP contribution in [0.15, 0.2) is 0 Å². The summed E-state index contributed by atoms with van der Waals surface area (Å²) >= 11 is 0. The van der Waals surface area contributed by atoms with Crippen molar-refractivity contribution in [2.24, 2.45) is 0 Å².